The van der Waals surface area contributed by atoms with Crippen molar-refractivity contribution in [2.75, 3.05) is 0 Å². The van der Waals surface area contributed by atoms with Crippen LogP contribution in [0.2, 0.25) is 0 Å². The number of thiol groups is 1. The first kappa shape index (κ1) is 14.4. The van der Waals surface area contributed by atoms with Gasteiger partial charge in [0.15, 0.2) is 0 Å². The van der Waals surface area contributed by atoms with Crippen LogP contribution in [0.15, 0.2) is 49.1 Å². The van der Waals surface area contributed by atoms with Crippen LogP contribution in [0.4, 0.5) is 0 Å². The first-order valence-corrected chi connectivity index (χ1v) is 5.77. The summed E-state index contributed by atoms with van der Waals surface area (Å²) >= 11 is 0. The molecule has 0 spiro atoms. The van der Waals surface area contributed by atoms with Crippen LogP contribution in [-0.4, -0.2) is 14.3 Å². The van der Waals surface area contributed by atoms with E-state index in [-0.39, 0.29) is 0 Å². The van der Waals surface area contributed by atoms with E-state index in [9.17, 15) is 13.2 Å². The lowest BCUT2D eigenvalue weighted by molar-refractivity contribution is -0.121. The molecule has 1 atom stereocenters. The SMILES string of the molecule is C=C/C=C\C(=C/C=C)C(C)C(=O)N[SH](=O)=O. The second kappa shape index (κ2) is 7.64. The van der Waals surface area contributed by atoms with Gasteiger partial charge in [0.25, 0.3) is 0 Å². The molecule has 0 aliphatic rings. The molecule has 1 unspecified atom stereocenters. The third-order valence-electron chi connectivity index (χ3n) is 1.83. The van der Waals surface area contributed by atoms with E-state index in [2.05, 4.69) is 13.2 Å². The summed E-state index contributed by atoms with van der Waals surface area (Å²) in [6.07, 6.45) is 8.08. The summed E-state index contributed by atoms with van der Waals surface area (Å²) in [5, 5.41) is 0. The molecule has 0 saturated carbocycles. The highest BCUT2D eigenvalue weighted by Crippen LogP contribution is 2.12. The van der Waals surface area contributed by atoms with Crippen LogP contribution in [0, 0.1) is 5.92 Å². The van der Waals surface area contributed by atoms with Crippen molar-refractivity contribution in [2.24, 2.45) is 5.92 Å². The fourth-order valence-corrected chi connectivity index (χ4v) is 1.37. The van der Waals surface area contributed by atoms with Crippen LogP contribution in [0.25, 0.3) is 0 Å². The van der Waals surface area contributed by atoms with Crippen molar-refractivity contribution in [3.05, 3.63) is 49.1 Å². The van der Waals surface area contributed by atoms with Crippen molar-refractivity contribution in [1.82, 2.24) is 4.72 Å². The van der Waals surface area contributed by atoms with Crippen LogP contribution in [0.1, 0.15) is 6.92 Å². The third-order valence-corrected chi connectivity index (χ3v) is 2.23. The number of allylic oxidation sites excluding steroid dienone is 5. The zero-order valence-electron chi connectivity index (χ0n) is 9.05. The molecule has 88 valence electrons. The Balaban J connectivity index is 4.87. The molecule has 0 fully saturated rings. The van der Waals surface area contributed by atoms with Gasteiger partial charge in [-0.05, 0) is 12.5 Å². The molecule has 0 aliphatic heterocycles. The number of hydrogen-bond acceptors (Lipinski definition) is 3. The van der Waals surface area contributed by atoms with Crippen LogP contribution < -0.4 is 4.72 Å². The highest BCUT2D eigenvalue weighted by molar-refractivity contribution is 7.71. The van der Waals surface area contributed by atoms with E-state index in [1.165, 1.54) is 6.08 Å². The van der Waals surface area contributed by atoms with Crippen LogP contribution >= 0.6 is 0 Å². The Kier molecular flexibility index (Phi) is 6.87. The van der Waals surface area contributed by atoms with Crippen molar-refractivity contribution < 1.29 is 13.2 Å². The minimum atomic E-state index is -2.92. The van der Waals surface area contributed by atoms with Crippen molar-refractivity contribution in [2.45, 2.75) is 6.92 Å². The van der Waals surface area contributed by atoms with Gasteiger partial charge in [-0.15, -0.1) is 0 Å². The minimum Gasteiger partial charge on any atom is -0.273 e. The predicted octanol–water partition coefficient (Wildman–Crippen LogP) is 1.12. The number of carbonyl (C=O) groups excluding carboxylic acids is 1. The van der Waals surface area contributed by atoms with E-state index in [0.717, 1.165) is 0 Å². The summed E-state index contributed by atoms with van der Waals surface area (Å²) in [6, 6.07) is 0. The zero-order valence-corrected chi connectivity index (χ0v) is 9.94. The van der Waals surface area contributed by atoms with E-state index in [4.69, 9.17) is 0 Å². The average molecular weight is 241 g/mol. The summed E-state index contributed by atoms with van der Waals surface area (Å²) in [5.74, 6) is -1.14. The lowest BCUT2D eigenvalue weighted by atomic mass is 9.99. The van der Waals surface area contributed by atoms with Crippen molar-refractivity contribution in [1.29, 1.82) is 0 Å². The Bertz CT molecular complexity index is 397. The molecule has 0 rings (SSSR count). The molecule has 0 aromatic rings. The molecule has 0 heterocycles. The topological polar surface area (TPSA) is 63.2 Å². The lowest BCUT2D eigenvalue weighted by Crippen LogP contribution is -2.28. The number of rotatable bonds is 6. The maximum Gasteiger partial charge on any atom is 0.240 e. The average Bonchev–Trinajstić information content (AvgIpc) is 2.22. The first-order chi connectivity index (χ1) is 7.52. The number of hydrogen-bond donors (Lipinski definition) is 2. The minimum absolute atomic E-state index is 0.568. The number of carbonyl (C=O) groups is 1. The molecule has 0 aromatic heterocycles. The van der Waals surface area contributed by atoms with Crippen LogP contribution in [0.5, 0.6) is 0 Å². The molecule has 0 aromatic carbocycles. The predicted molar refractivity (Wildman–Crippen MR) is 65.2 cm³/mol. The highest BCUT2D eigenvalue weighted by Gasteiger charge is 2.15. The van der Waals surface area contributed by atoms with Gasteiger partial charge in [-0.25, -0.2) is 8.42 Å². The molecule has 0 saturated heterocycles. The maximum absolute atomic E-state index is 11.4. The maximum atomic E-state index is 11.4. The van der Waals surface area contributed by atoms with Gasteiger partial charge < -0.3 is 0 Å². The van der Waals surface area contributed by atoms with Gasteiger partial charge in [0.2, 0.25) is 16.8 Å². The number of nitrogens with one attached hydrogen (secondary N) is 1. The van der Waals surface area contributed by atoms with Gasteiger partial charge in [0, 0.05) is 0 Å². The molecule has 16 heavy (non-hydrogen) atoms. The smallest absolute Gasteiger partial charge is 0.240 e. The summed E-state index contributed by atoms with van der Waals surface area (Å²) < 4.78 is 22.5. The molecular formula is C11H15NO3S. The Hall–Kier alpha value is -1.62. The quantitative estimate of drug-likeness (QED) is 0.541. The second-order valence-corrected chi connectivity index (χ2v) is 3.69. The largest absolute Gasteiger partial charge is 0.273 e. The first-order valence-electron chi connectivity index (χ1n) is 4.59. The van der Waals surface area contributed by atoms with Crippen molar-refractivity contribution in [3.63, 3.8) is 0 Å². The zero-order chi connectivity index (χ0) is 12.6. The third kappa shape index (κ3) is 5.31. The van der Waals surface area contributed by atoms with Crippen LogP contribution in [-0.2, 0) is 15.7 Å². The monoisotopic (exact) mass is 241 g/mol. The molecule has 1 amide bonds. The van der Waals surface area contributed by atoms with Gasteiger partial charge in [-0.2, -0.15) is 0 Å². The Morgan fingerprint density at radius 1 is 1.31 bits per heavy atom. The fraction of sp³-hybridized carbons (Fsp3) is 0.182. The summed E-state index contributed by atoms with van der Waals surface area (Å²) in [5.41, 5.74) is 0.657. The van der Waals surface area contributed by atoms with Gasteiger partial charge in [-0.3, -0.25) is 9.52 Å². The Morgan fingerprint density at radius 2 is 1.94 bits per heavy atom. The van der Waals surface area contributed by atoms with E-state index in [1.54, 1.807) is 31.2 Å². The summed E-state index contributed by atoms with van der Waals surface area (Å²) in [4.78, 5) is 11.4. The van der Waals surface area contributed by atoms with E-state index in [0.29, 0.717) is 5.57 Å². The molecule has 0 bridgehead atoms. The highest BCUT2D eigenvalue weighted by atomic mass is 32.2. The molecule has 5 heteroatoms. The van der Waals surface area contributed by atoms with Crippen LogP contribution in [0.3, 0.4) is 0 Å². The van der Waals surface area contributed by atoms with Gasteiger partial charge in [0.05, 0.1) is 5.92 Å². The van der Waals surface area contributed by atoms with E-state index >= 15 is 0 Å². The second-order valence-electron chi connectivity index (χ2n) is 2.95. The summed E-state index contributed by atoms with van der Waals surface area (Å²) in [7, 11) is -2.92. The standard InChI is InChI=1S/C11H15NO3S/c1-4-6-8-10(7-5-2)9(3)11(13)12-16(14)15/h4-9,16H,1-2H2,3H3,(H,12,13,14,15)/b8-6-,10-7+. The normalized spacial score (nSPS) is 13.8. The van der Waals surface area contributed by atoms with E-state index < -0.39 is 22.7 Å². The lowest BCUT2D eigenvalue weighted by Gasteiger charge is -2.09. The van der Waals surface area contributed by atoms with Gasteiger partial charge in [-0.1, -0.05) is 43.5 Å². The number of amides is 1. The molecule has 0 radical (unpaired) electrons. The fourth-order valence-electron chi connectivity index (χ4n) is 0.998. The van der Waals surface area contributed by atoms with Gasteiger partial charge >= 0.3 is 0 Å². The van der Waals surface area contributed by atoms with Crippen molar-refractivity contribution in [3.8, 4) is 0 Å². The Morgan fingerprint density at radius 3 is 2.38 bits per heavy atom. The molecule has 1 N–H and O–H groups in total. The molecule has 4 nitrogen and oxygen atoms in total. The van der Waals surface area contributed by atoms with E-state index in [1.807, 2.05) is 4.72 Å². The summed E-state index contributed by atoms with van der Waals surface area (Å²) in [6.45, 7) is 8.64. The van der Waals surface area contributed by atoms with Gasteiger partial charge in [0.1, 0.15) is 0 Å². The Labute approximate surface area is 97.1 Å². The molecule has 0 aliphatic carbocycles. The molecular weight excluding hydrogens is 226 g/mol. The van der Waals surface area contributed by atoms with Crippen molar-refractivity contribution >= 4 is 16.8 Å².